The zero-order valence-corrected chi connectivity index (χ0v) is 13.4. The van der Waals surface area contributed by atoms with Crippen molar-refractivity contribution in [2.45, 2.75) is 6.54 Å². The summed E-state index contributed by atoms with van der Waals surface area (Å²) < 4.78 is 15.1. The van der Waals surface area contributed by atoms with Gasteiger partial charge in [0.2, 0.25) is 0 Å². The van der Waals surface area contributed by atoms with E-state index in [0.717, 1.165) is 5.76 Å². The maximum absolute atomic E-state index is 12.2. The van der Waals surface area contributed by atoms with Crippen molar-refractivity contribution in [1.29, 1.82) is 0 Å². The highest BCUT2D eigenvalue weighted by Crippen LogP contribution is 2.17. The summed E-state index contributed by atoms with van der Waals surface area (Å²) in [5.41, 5.74) is 0.965. The van der Waals surface area contributed by atoms with Crippen LogP contribution in [0.5, 0.6) is 0 Å². The summed E-state index contributed by atoms with van der Waals surface area (Å²) in [6.07, 6.45) is 1.58. The van der Waals surface area contributed by atoms with E-state index >= 15 is 0 Å². The van der Waals surface area contributed by atoms with Gasteiger partial charge in [0, 0.05) is 19.3 Å². The van der Waals surface area contributed by atoms with Gasteiger partial charge in [0.05, 0.1) is 25.0 Å². The molecule has 1 heterocycles. The summed E-state index contributed by atoms with van der Waals surface area (Å²) in [6.45, 7) is 0.872. The normalized spacial score (nSPS) is 10.2. The Morgan fingerprint density at radius 1 is 1.17 bits per heavy atom. The van der Waals surface area contributed by atoms with Crippen molar-refractivity contribution in [3.63, 3.8) is 0 Å². The molecule has 2 N–H and O–H groups in total. The second-order valence-electron chi connectivity index (χ2n) is 4.90. The molecule has 0 saturated heterocycles. The smallest absolute Gasteiger partial charge is 0.340 e. The molecule has 7 nitrogen and oxygen atoms in total. The average molecular weight is 332 g/mol. The van der Waals surface area contributed by atoms with Gasteiger partial charge in [0.25, 0.3) is 5.91 Å². The van der Waals surface area contributed by atoms with Gasteiger partial charge in [-0.3, -0.25) is 4.79 Å². The monoisotopic (exact) mass is 332 g/mol. The summed E-state index contributed by atoms with van der Waals surface area (Å²) in [4.78, 5) is 23.7. The topological polar surface area (TPSA) is 89.8 Å². The minimum Gasteiger partial charge on any atom is -0.467 e. The number of furan rings is 1. The third-order valence-corrected chi connectivity index (χ3v) is 3.14. The van der Waals surface area contributed by atoms with Gasteiger partial charge in [0.15, 0.2) is 6.61 Å². The highest BCUT2D eigenvalue weighted by atomic mass is 16.5. The van der Waals surface area contributed by atoms with Crippen LogP contribution >= 0.6 is 0 Å². The molecule has 0 spiro atoms. The van der Waals surface area contributed by atoms with Gasteiger partial charge in [-0.1, -0.05) is 12.1 Å². The van der Waals surface area contributed by atoms with Crippen LogP contribution in [0.4, 0.5) is 5.69 Å². The minimum atomic E-state index is -0.570. The molecule has 24 heavy (non-hydrogen) atoms. The van der Waals surface area contributed by atoms with Crippen molar-refractivity contribution >= 4 is 17.6 Å². The van der Waals surface area contributed by atoms with Gasteiger partial charge in [-0.05, 0) is 24.3 Å². The van der Waals surface area contributed by atoms with Crippen molar-refractivity contribution in [3.8, 4) is 0 Å². The van der Waals surface area contributed by atoms with Gasteiger partial charge in [-0.15, -0.1) is 0 Å². The van der Waals surface area contributed by atoms with Crippen molar-refractivity contribution in [2.75, 3.05) is 32.2 Å². The van der Waals surface area contributed by atoms with Gasteiger partial charge in [-0.25, -0.2) is 4.79 Å². The van der Waals surface area contributed by atoms with Crippen LogP contribution in [-0.4, -0.2) is 38.7 Å². The molecule has 0 bridgehead atoms. The first-order chi connectivity index (χ1) is 11.7. The molecule has 128 valence electrons. The van der Waals surface area contributed by atoms with Crippen LogP contribution in [0.15, 0.2) is 47.1 Å². The molecule has 0 radical (unpaired) electrons. The van der Waals surface area contributed by atoms with Crippen LogP contribution < -0.4 is 10.6 Å². The molecule has 1 aromatic heterocycles. The predicted octanol–water partition coefficient (Wildman–Crippen LogP) is 1.81. The number of rotatable bonds is 9. The third-order valence-electron chi connectivity index (χ3n) is 3.14. The number of anilines is 1. The maximum atomic E-state index is 12.2. The zero-order valence-electron chi connectivity index (χ0n) is 13.4. The molecule has 0 saturated carbocycles. The first-order valence-corrected chi connectivity index (χ1v) is 7.48. The van der Waals surface area contributed by atoms with Crippen LogP contribution in [-0.2, 0) is 20.8 Å². The Kier molecular flexibility index (Phi) is 6.85. The Balaban J connectivity index is 1.88. The van der Waals surface area contributed by atoms with E-state index < -0.39 is 5.97 Å². The standard InChI is InChI=1S/C17H20N2O5/c1-22-10-8-18-16(20)12-24-17(21)14-6-2-3-7-15(14)19-11-13-5-4-9-23-13/h2-7,9,19H,8,10-12H2,1H3,(H,18,20). The number of hydrogen-bond acceptors (Lipinski definition) is 6. The SMILES string of the molecule is COCCNC(=O)COC(=O)c1ccccc1NCc1ccco1. The molecule has 0 atom stereocenters. The van der Waals surface area contributed by atoms with Crippen LogP contribution in [0, 0.1) is 0 Å². The number of benzene rings is 1. The molecule has 0 aliphatic rings. The van der Waals surface area contributed by atoms with Crippen molar-refractivity contribution < 1.29 is 23.5 Å². The predicted molar refractivity (Wildman–Crippen MR) is 87.6 cm³/mol. The molecule has 0 fully saturated rings. The van der Waals surface area contributed by atoms with Crippen molar-refractivity contribution in [1.82, 2.24) is 5.32 Å². The van der Waals surface area contributed by atoms with Gasteiger partial charge >= 0.3 is 5.97 Å². The summed E-state index contributed by atoms with van der Waals surface area (Å²) in [7, 11) is 1.54. The Morgan fingerprint density at radius 3 is 2.75 bits per heavy atom. The molecule has 0 aliphatic heterocycles. The quantitative estimate of drug-likeness (QED) is 0.538. The van der Waals surface area contributed by atoms with E-state index in [0.29, 0.717) is 30.9 Å². The average Bonchev–Trinajstić information content (AvgIpc) is 3.12. The van der Waals surface area contributed by atoms with Crippen molar-refractivity contribution in [3.05, 3.63) is 54.0 Å². The molecular formula is C17H20N2O5. The number of hydrogen-bond donors (Lipinski definition) is 2. The van der Waals surface area contributed by atoms with Crippen LogP contribution in [0.25, 0.3) is 0 Å². The summed E-state index contributed by atoms with van der Waals surface area (Å²) in [6, 6.07) is 10.6. The lowest BCUT2D eigenvalue weighted by Crippen LogP contribution is -2.31. The molecule has 7 heteroatoms. The van der Waals surface area contributed by atoms with Gasteiger partial charge in [0.1, 0.15) is 5.76 Å². The van der Waals surface area contributed by atoms with E-state index in [4.69, 9.17) is 13.9 Å². The molecule has 2 rings (SSSR count). The third kappa shape index (κ3) is 5.44. The van der Waals surface area contributed by atoms with E-state index in [1.54, 1.807) is 43.7 Å². The van der Waals surface area contributed by atoms with Crippen LogP contribution in [0.3, 0.4) is 0 Å². The van der Waals surface area contributed by atoms with E-state index in [-0.39, 0.29) is 12.5 Å². The Hall–Kier alpha value is -2.80. The fourth-order valence-electron chi connectivity index (χ4n) is 1.96. The number of amides is 1. The van der Waals surface area contributed by atoms with Gasteiger partial charge < -0.3 is 24.5 Å². The summed E-state index contributed by atoms with van der Waals surface area (Å²) in [5, 5.41) is 5.69. The summed E-state index contributed by atoms with van der Waals surface area (Å²) >= 11 is 0. The Morgan fingerprint density at radius 2 is 2.00 bits per heavy atom. The second-order valence-corrected chi connectivity index (χ2v) is 4.90. The summed E-state index contributed by atoms with van der Waals surface area (Å²) in [5.74, 6) is -0.198. The van der Waals surface area contributed by atoms with E-state index in [1.165, 1.54) is 0 Å². The lowest BCUT2D eigenvalue weighted by Gasteiger charge is -2.11. The first-order valence-electron chi connectivity index (χ1n) is 7.48. The minimum absolute atomic E-state index is 0.338. The molecule has 0 aliphatic carbocycles. The highest BCUT2D eigenvalue weighted by Gasteiger charge is 2.14. The van der Waals surface area contributed by atoms with E-state index in [1.807, 2.05) is 6.07 Å². The fraction of sp³-hybridized carbons (Fsp3) is 0.294. The number of ether oxygens (including phenoxy) is 2. The Bertz CT molecular complexity index is 655. The second kappa shape index (κ2) is 9.36. The largest absolute Gasteiger partial charge is 0.467 e. The first kappa shape index (κ1) is 17.6. The molecule has 1 amide bonds. The molecular weight excluding hydrogens is 312 g/mol. The molecule has 0 unspecified atom stereocenters. The maximum Gasteiger partial charge on any atom is 0.340 e. The lowest BCUT2D eigenvalue weighted by molar-refractivity contribution is -0.124. The number of carbonyl (C=O) groups excluding carboxylic acids is 2. The number of nitrogens with one attached hydrogen (secondary N) is 2. The van der Waals surface area contributed by atoms with Gasteiger partial charge in [-0.2, -0.15) is 0 Å². The fourth-order valence-corrected chi connectivity index (χ4v) is 1.96. The van der Waals surface area contributed by atoms with Crippen LogP contribution in [0.1, 0.15) is 16.1 Å². The number of methoxy groups -OCH3 is 1. The number of para-hydroxylation sites is 1. The molecule has 1 aromatic carbocycles. The lowest BCUT2D eigenvalue weighted by atomic mass is 10.2. The zero-order chi connectivity index (χ0) is 17.2. The van der Waals surface area contributed by atoms with Crippen molar-refractivity contribution in [2.24, 2.45) is 0 Å². The Labute approximate surface area is 139 Å². The van der Waals surface area contributed by atoms with E-state index in [9.17, 15) is 9.59 Å². The number of carbonyl (C=O) groups is 2. The highest BCUT2D eigenvalue weighted by molar-refractivity contribution is 5.96. The molecule has 2 aromatic rings. The van der Waals surface area contributed by atoms with E-state index in [2.05, 4.69) is 10.6 Å². The number of esters is 1. The van der Waals surface area contributed by atoms with Crippen LogP contribution in [0.2, 0.25) is 0 Å².